The van der Waals surface area contributed by atoms with E-state index in [4.69, 9.17) is 9.84 Å². The Morgan fingerprint density at radius 1 is 1.19 bits per heavy atom. The van der Waals surface area contributed by atoms with Crippen LogP contribution in [0.25, 0.3) is 0 Å². The second-order valence-corrected chi connectivity index (χ2v) is 6.40. The Morgan fingerprint density at radius 3 is 2.54 bits per heavy atom. The highest BCUT2D eigenvalue weighted by atomic mass is 19.1. The van der Waals surface area contributed by atoms with Crippen molar-refractivity contribution in [1.29, 1.82) is 0 Å². The zero-order valence-corrected chi connectivity index (χ0v) is 14.2. The van der Waals surface area contributed by atoms with Gasteiger partial charge in [0.25, 0.3) is 5.91 Å². The van der Waals surface area contributed by atoms with Gasteiger partial charge >= 0.3 is 5.97 Å². The lowest BCUT2D eigenvalue weighted by atomic mass is 9.77. The van der Waals surface area contributed by atoms with Crippen LogP contribution in [-0.4, -0.2) is 23.6 Å². The van der Waals surface area contributed by atoms with Gasteiger partial charge in [0.2, 0.25) is 0 Å². The maximum atomic E-state index is 13.2. The first-order chi connectivity index (χ1) is 12.5. The normalized spacial score (nSPS) is 15.0. The number of benzene rings is 2. The van der Waals surface area contributed by atoms with Gasteiger partial charge in [-0.3, -0.25) is 4.79 Å². The summed E-state index contributed by atoms with van der Waals surface area (Å²) in [6, 6.07) is 12.4. The molecule has 1 saturated carbocycles. The largest absolute Gasteiger partial charge is 0.482 e. The third-order valence-electron chi connectivity index (χ3n) is 4.60. The first-order valence-electron chi connectivity index (χ1n) is 8.54. The summed E-state index contributed by atoms with van der Waals surface area (Å²) in [5.41, 5.74) is 1.27. The van der Waals surface area contributed by atoms with E-state index in [2.05, 4.69) is 5.32 Å². The van der Waals surface area contributed by atoms with Crippen molar-refractivity contribution in [2.24, 2.45) is 5.92 Å². The minimum atomic E-state index is -1.08. The van der Waals surface area contributed by atoms with Crippen LogP contribution >= 0.6 is 0 Å². The van der Waals surface area contributed by atoms with E-state index >= 15 is 0 Å². The molecule has 1 unspecified atom stereocenters. The van der Waals surface area contributed by atoms with Gasteiger partial charge in [0.15, 0.2) is 6.61 Å². The summed E-state index contributed by atoms with van der Waals surface area (Å²) in [6.07, 6.45) is 3.16. The van der Waals surface area contributed by atoms with E-state index in [1.165, 1.54) is 18.2 Å². The van der Waals surface area contributed by atoms with Crippen LogP contribution < -0.4 is 10.1 Å². The number of halogens is 1. The molecule has 1 atom stereocenters. The number of nitrogens with one attached hydrogen (secondary N) is 1. The number of carboxylic acid groups (broad SMARTS) is 1. The number of amides is 1. The van der Waals surface area contributed by atoms with E-state index in [-0.39, 0.29) is 17.8 Å². The highest BCUT2D eigenvalue weighted by Gasteiger charge is 2.30. The Labute approximate surface area is 150 Å². The second kappa shape index (κ2) is 7.99. The molecule has 1 aliphatic rings. The summed E-state index contributed by atoms with van der Waals surface area (Å²) in [6.45, 7) is -0.467. The van der Waals surface area contributed by atoms with Crippen LogP contribution in [0.1, 0.15) is 41.2 Å². The topological polar surface area (TPSA) is 75.6 Å². The number of carbonyl (C=O) groups is 2. The number of carbonyl (C=O) groups excluding carboxylic acids is 1. The monoisotopic (exact) mass is 357 g/mol. The molecule has 136 valence electrons. The molecule has 0 saturated heterocycles. The third kappa shape index (κ3) is 4.39. The van der Waals surface area contributed by atoms with Crippen LogP contribution in [0.3, 0.4) is 0 Å². The van der Waals surface area contributed by atoms with Gasteiger partial charge in [-0.25, -0.2) is 9.18 Å². The Kier molecular flexibility index (Phi) is 5.51. The molecule has 0 radical (unpaired) electrons. The van der Waals surface area contributed by atoms with Gasteiger partial charge < -0.3 is 15.2 Å². The van der Waals surface area contributed by atoms with Gasteiger partial charge in [0.1, 0.15) is 11.6 Å². The maximum Gasteiger partial charge on any atom is 0.341 e. The highest BCUT2D eigenvalue weighted by Crippen LogP contribution is 2.38. The van der Waals surface area contributed by atoms with Crippen molar-refractivity contribution >= 4 is 11.9 Å². The van der Waals surface area contributed by atoms with Gasteiger partial charge in [0.05, 0.1) is 6.04 Å². The van der Waals surface area contributed by atoms with Crippen LogP contribution in [0, 0.1) is 11.7 Å². The predicted octanol–water partition coefficient (Wildman–Crippen LogP) is 3.56. The summed E-state index contributed by atoms with van der Waals surface area (Å²) >= 11 is 0. The van der Waals surface area contributed by atoms with Gasteiger partial charge in [0, 0.05) is 5.56 Å². The fourth-order valence-corrected chi connectivity index (χ4v) is 3.01. The summed E-state index contributed by atoms with van der Waals surface area (Å²) < 4.78 is 18.3. The van der Waals surface area contributed by atoms with E-state index in [0.717, 1.165) is 24.8 Å². The lowest BCUT2D eigenvalue weighted by molar-refractivity contribution is -0.139. The Balaban J connectivity index is 1.74. The molecule has 5 nitrogen and oxygen atoms in total. The van der Waals surface area contributed by atoms with E-state index in [1.807, 2.05) is 0 Å². The average Bonchev–Trinajstić information content (AvgIpc) is 2.59. The van der Waals surface area contributed by atoms with Gasteiger partial charge in [-0.1, -0.05) is 24.6 Å². The Bertz CT molecular complexity index is 787. The van der Waals surface area contributed by atoms with Crippen LogP contribution in [0.5, 0.6) is 5.75 Å². The number of hydrogen-bond acceptors (Lipinski definition) is 3. The standard InChI is InChI=1S/C20H20FNO4/c21-16-9-7-14(8-10-16)19(13-3-1-4-13)22-20(25)15-5-2-6-17(11-15)26-12-18(23)24/h2,5-11,13,19H,1,3-4,12H2,(H,22,25)(H,23,24). The van der Waals surface area contributed by atoms with Crippen LogP contribution in [0.2, 0.25) is 0 Å². The molecule has 0 aliphatic heterocycles. The first-order valence-corrected chi connectivity index (χ1v) is 8.54. The van der Waals surface area contributed by atoms with Crippen LogP contribution in [-0.2, 0) is 4.79 Å². The fourth-order valence-electron chi connectivity index (χ4n) is 3.01. The molecule has 2 aromatic rings. The minimum Gasteiger partial charge on any atom is -0.482 e. The lowest BCUT2D eigenvalue weighted by Gasteiger charge is -2.34. The molecule has 1 amide bonds. The summed E-state index contributed by atoms with van der Waals surface area (Å²) in [7, 11) is 0. The summed E-state index contributed by atoms with van der Waals surface area (Å²) in [5, 5.41) is 11.7. The first kappa shape index (κ1) is 17.9. The molecular weight excluding hydrogens is 337 g/mol. The minimum absolute atomic E-state index is 0.180. The van der Waals surface area contributed by atoms with Gasteiger partial charge in [-0.05, 0) is 54.7 Å². The number of hydrogen-bond donors (Lipinski definition) is 2. The maximum absolute atomic E-state index is 13.2. The van der Waals surface area contributed by atoms with Crippen molar-refractivity contribution in [3.63, 3.8) is 0 Å². The molecular formula is C20H20FNO4. The van der Waals surface area contributed by atoms with E-state index in [0.29, 0.717) is 17.2 Å². The van der Waals surface area contributed by atoms with Crippen molar-refractivity contribution < 1.29 is 23.8 Å². The SMILES string of the molecule is O=C(O)COc1cccc(C(=O)NC(c2ccc(F)cc2)C2CCC2)c1. The number of rotatable bonds is 7. The molecule has 1 fully saturated rings. The summed E-state index contributed by atoms with van der Waals surface area (Å²) in [4.78, 5) is 23.3. The van der Waals surface area contributed by atoms with Crippen molar-refractivity contribution in [3.05, 3.63) is 65.5 Å². The third-order valence-corrected chi connectivity index (χ3v) is 4.60. The van der Waals surface area contributed by atoms with Crippen molar-refractivity contribution in [3.8, 4) is 5.75 Å². The molecule has 0 aromatic heterocycles. The molecule has 2 N–H and O–H groups in total. The van der Waals surface area contributed by atoms with Gasteiger partial charge in [-0.2, -0.15) is 0 Å². The van der Waals surface area contributed by atoms with E-state index in [9.17, 15) is 14.0 Å². The molecule has 1 aliphatic carbocycles. The second-order valence-electron chi connectivity index (χ2n) is 6.40. The molecule has 0 spiro atoms. The van der Waals surface area contributed by atoms with Crippen molar-refractivity contribution in [2.75, 3.05) is 6.61 Å². The molecule has 2 aromatic carbocycles. The highest BCUT2D eigenvalue weighted by molar-refractivity contribution is 5.94. The molecule has 6 heteroatoms. The fraction of sp³-hybridized carbons (Fsp3) is 0.300. The van der Waals surface area contributed by atoms with Crippen LogP contribution in [0.15, 0.2) is 48.5 Å². The Morgan fingerprint density at radius 2 is 1.92 bits per heavy atom. The number of carboxylic acids is 1. The van der Waals surface area contributed by atoms with E-state index < -0.39 is 12.6 Å². The zero-order chi connectivity index (χ0) is 18.5. The zero-order valence-electron chi connectivity index (χ0n) is 14.2. The molecule has 0 bridgehead atoms. The van der Waals surface area contributed by atoms with Crippen LogP contribution in [0.4, 0.5) is 4.39 Å². The predicted molar refractivity (Wildman–Crippen MR) is 93.5 cm³/mol. The summed E-state index contributed by atoms with van der Waals surface area (Å²) in [5.74, 6) is -1.01. The molecule has 26 heavy (non-hydrogen) atoms. The lowest BCUT2D eigenvalue weighted by Crippen LogP contribution is -2.36. The van der Waals surface area contributed by atoms with Crippen molar-refractivity contribution in [2.45, 2.75) is 25.3 Å². The molecule has 3 rings (SSSR count). The number of aliphatic carboxylic acids is 1. The molecule has 0 heterocycles. The number of ether oxygens (including phenoxy) is 1. The van der Waals surface area contributed by atoms with E-state index in [1.54, 1.807) is 30.3 Å². The van der Waals surface area contributed by atoms with Crippen molar-refractivity contribution in [1.82, 2.24) is 5.32 Å². The Hall–Kier alpha value is -2.89. The van der Waals surface area contributed by atoms with Gasteiger partial charge in [-0.15, -0.1) is 0 Å². The smallest absolute Gasteiger partial charge is 0.341 e. The quantitative estimate of drug-likeness (QED) is 0.794. The average molecular weight is 357 g/mol.